The fourth-order valence-corrected chi connectivity index (χ4v) is 1.79. The van der Waals surface area contributed by atoms with Crippen LogP contribution in [0.15, 0.2) is 30.5 Å². The number of carbonyl (C=O) groups is 1. The predicted octanol–water partition coefficient (Wildman–Crippen LogP) is 3.79. The highest BCUT2D eigenvalue weighted by Gasteiger charge is 2.31. The van der Waals surface area contributed by atoms with Crippen LogP contribution in [0.3, 0.4) is 0 Å². The molecule has 0 aliphatic heterocycles. The van der Waals surface area contributed by atoms with Crippen molar-refractivity contribution >= 4 is 23.3 Å². The molecule has 0 fully saturated rings. The number of nitrogens with one attached hydrogen (secondary N) is 2. The van der Waals surface area contributed by atoms with E-state index in [0.29, 0.717) is 12.3 Å². The van der Waals surface area contributed by atoms with Crippen LogP contribution in [0.4, 0.5) is 27.8 Å². The largest absolute Gasteiger partial charge is 0.417 e. The lowest BCUT2D eigenvalue weighted by molar-refractivity contribution is -0.137. The highest BCUT2D eigenvalue weighted by Crippen LogP contribution is 2.32. The van der Waals surface area contributed by atoms with Crippen molar-refractivity contribution in [3.63, 3.8) is 0 Å². The molecular weight excluding hydrogens is 345 g/mol. The number of benzene rings is 1. The van der Waals surface area contributed by atoms with Crippen LogP contribution in [-0.4, -0.2) is 10.9 Å². The normalized spacial score (nSPS) is 11.2. The monoisotopic (exact) mass is 351 g/mol. The van der Waals surface area contributed by atoms with Gasteiger partial charge in [-0.05, 0) is 18.2 Å². The number of carbonyl (C=O) groups excluding carboxylic acids is 1. The summed E-state index contributed by atoms with van der Waals surface area (Å²) in [5.41, 5.74) is 2.06. The average molecular weight is 352 g/mol. The van der Waals surface area contributed by atoms with E-state index in [1.54, 1.807) is 0 Å². The Morgan fingerprint density at radius 3 is 2.30 bits per heavy atom. The number of halogens is 6. The Hall–Kier alpha value is -2.42. The van der Waals surface area contributed by atoms with Gasteiger partial charge in [-0.2, -0.15) is 13.2 Å². The lowest BCUT2D eigenvalue weighted by Crippen LogP contribution is -2.31. The van der Waals surface area contributed by atoms with Gasteiger partial charge in [0.05, 0.1) is 10.6 Å². The molecule has 0 radical (unpaired) electrons. The average Bonchev–Trinajstić information content (AvgIpc) is 2.44. The van der Waals surface area contributed by atoms with E-state index in [0.717, 1.165) is 18.2 Å². The van der Waals surface area contributed by atoms with Gasteiger partial charge in [-0.1, -0.05) is 17.7 Å². The number of hydrogen-bond donors (Lipinski definition) is 2. The summed E-state index contributed by atoms with van der Waals surface area (Å²) in [6, 6.07) is 3.42. The second-order valence-electron chi connectivity index (χ2n) is 4.23. The van der Waals surface area contributed by atoms with E-state index in [9.17, 15) is 26.7 Å². The van der Waals surface area contributed by atoms with Crippen molar-refractivity contribution in [3.05, 3.63) is 58.2 Å². The van der Waals surface area contributed by atoms with Gasteiger partial charge in [-0.3, -0.25) is 15.6 Å². The van der Waals surface area contributed by atoms with E-state index in [2.05, 4.69) is 10.4 Å². The molecule has 0 spiro atoms. The van der Waals surface area contributed by atoms with Crippen molar-refractivity contribution in [2.45, 2.75) is 6.18 Å². The van der Waals surface area contributed by atoms with Crippen LogP contribution >= 0.6 is 11.6 Å². The Morgan fingerprint density at radius 2 is 1.78 bits per heavy atom. The molecule has 0 saturated carbocycles. The number of hydrogen-bond acceptors (Lipinski definition) is 3. The van der Waals surface area contributed by atoms with Gasteiger partial charge in [-0.25, -0.2) is 13.8 Å². The van der Waals surface area contributed by atoms with Crippen LogP contribution in [0.25, 0.3) is 0 Å². The van der Waals surface area contributed by atoms with Crippen LogP contribution in [0.2, 0.25) is 5.02 Å². The number of aromatic nitrogens is 1. The summed E-state index contributed by atoms with van der Waals surface area (Å²) in [6.45, 7) is 0. The minimum atomic E-state index is -4.63. The zero-order valence-electron chi connectivity index (χ0n) is 11.0. The lowest BCUT2D eigenvalue weighted by atomic mass is 10.2. The molecule has 1 amide bonds. The third-order valence-electron chi connectivity index (χ3n) is 2.65. The fraction of sp³-hybridized carbons (Fsp3) is 0.0769. The zero-order valence-corrected chi connectivity index (χ0v) is 11.8. The smallest absolute Gasteiger partial charge is 0.280 e. The highest BCUT2D eigenvalue weighted by atomic mass is 35.5. The van der Waals surface area contributed by atoms with Gasteiger partial charge in [0.1, 0.15) is 17.2 Å². The van der Waals surface area contributed by atoms with Gasteiger partial charge in [0.15, 0.2) is 5.82 Å². The first-order chi connectivity index (χ1) is 10.7. The Labute approximate surface area is 131 Å². The Bertz CT molecular complexity index is 731. The maximum absolute atomic E-state index is 13.4. The minimum absolute atomic E-state index is 0.315. The quantitative estimate of drug-likeness (QED) is 0.653. The standard InChI is InChI=1S/C13H7ClF5N3O/c14-7-4-6(13(17,18)19)5-20-11(7)21-22-12(23)10-8(15)2-1-3-9(10)16/h1-5H,(H,20,21)(H,22,23). The van der Waals surface area contributed by atoms with Gasteiger partial charge in [0.25, 0.3) is 5.91 Å². The fourth-order valence-electron chi connectivity index (χ4n) is 1.58. The molecule has 10 heteroatoms. The summed E-state index contributed by atoms with van der Waals surface area (Å²) >= 11 is 5.60. The van der Waals surface area contributed by atoms with E-state index >= 15 is 0 Å². The molecule has 2 N–H and O–H groups in total. The summed E-state index contributed by atoms with van der Waals surface area (Å²) in [5.74, 6) is -3.70. The van der Waals surface area contributed by atoms with Crippen molar-refractivity contribution in [1.29, 1.82) is 0 Å². The topological polar surface area (TPSA) is 54.0 Å². The predicted molar refractivity (Wildman–Crippen MR) is 71.7 cm³/mol. The van der Waals surface area contributed by atoms with E-state index in [1.165, 1.54) is 0 Å². The molecule has 2 rings (SSSR count). The molecule has 0 atom stereocenters. The molecule has 1 aromatic carbocycles. The molecule has 0 aliphatic rings. The number of nitrogens with zero attached hydrogens (tertiary/aromatic N) is 1. The summed E-state index contributed by atoms with van der Waals surface area (Å²) in [5, 5.41) is -0.436. The third-order valence-corrected chi connectivity index (χ3v) is 2.94. The first kappa shape index (κ1) is 16.9. The van der Waals surface area contributed by atoms with Gasteiger partial charge in [-0.15, -0.1) is 0 Å². The summed E-state index contributed by atoms with van der Waals surface area (Å²) in [7, 11) is 0. The second-order valence-corrected chi connectivity index (χ2v) is 4.64. The van der Waals surface area contributed by atoms with Gasteiger partial charge < -0.3 is 0 Å². The maximum atomic E-state index is 13.4. The molecule has 0 saturated heterocycles. The molecule has 1 aromatic heterocycles. The van der Waals surface area contributed by atoms with Crippen molar-refractivity contribution < 1.29 is 26.7 Å². The van der Waals surface area contributed by atoms with Crippen molar-refractivity contribution in [3.8, 4) is 0 Å². The number of rotatable bonds is 3. The molecule has 23 heavy (non-hydrogen) atoms. The Balaban J connectivity index is 2.14. The van der Waals surface area contributed by atoms with Crippen LogP contribution in [0, 0.1) is 11.6 Å². The van der Waals surface area contributed by atoms with Crippen molar-refractivity contribution in [2.75, 3.05) is 5.43 Å². The van der Waals surface area contributed by atoms with Crippen LogP contribution in [0.1, 0.15) is 15.9 Å². The van der Waals surface area contributed by atoms with Gasteiger partial charge in [0.2, 0.25) is 0 Å². The number of amides is 1. The molecule has 4 nitrogen and oxygen atoms in total. The number of hydrazine groups is 1. The van der Waals surface area contributed by atoms with E-state index in [1.807, 2.05) is 5.43 Å². The second kappa shape index (κ2) is 6.37. The summed E-state index contributed by atoms with van der Waals surface area (Å²) < 4.78 is 64.1. The van der Waals surface area contributed by atoms with E-state index in [4.69, 9.17) is 11.6 Å². The number of pyridine rings is 1. The lowest BCUT2D eigenvalue weighted by Gasteiger charge is -2.12. The maximum Gasteiger partial charge on any atom is 0.417 e. The molecule has 1 heterocycles. The number of alkyl halides is 3. The molecule has 122 valence electrons. The van der Waals surface area contributed by atoms with Crippen LogP contribution in [-0.2, 0) is 6.18 Å². The molecule has 0 bridgehead atoms. The molecule has 2 aromatic rings. The van der Waals surface area contributed by atoms with Gasteiger partial charge >= 0.3 is 6.18 Å². The SMILES string of the molecule is O=C(NNc1ncc(C(F)(F)F)cc1Cl)c1c(F)cccc1F. The van der Waals surface area contributed by atoms with E-state index < -0.39 is 39.9 Å². The molecule has 0 unspecified atom stereocenters. The van der Waals surface area contributed by atoms with Crippen LogP contribution < -0.4 is 10.9 Å². The third kappa shape index (κ3) is 3.86. The molecule has 0 aliphatic carbocycles. The zero-order chi connectivity index (χ0) is 17.2. The first-order valence-electron chi connectivity index (χ1n) is 5.93. The number of anilines is 1. The minimum Gasteiger partial charge on any atom is -0.280 e. The summed E-state index contributed by atoms with van der Waals surface area (Å²) in [6.07, 6.45) is -4.14. The van der Waals surface area contributed by atoms with Crippen molar-refractivity contribution in [2.24, 2.45) is 0 Å². The van der Waals surface area contributed by atoms with Crippen molar-refractivity contribution in [1.82, 2.24) is 10.4 Å². The Morgan fingerprint density at radius 1 is 1.17 bits per heavy atom. The van der Waals surface area contributed by atoms with E-state index in [-0.39, 0.29) is 5.82 Å². The Kier molecular flexibility index (Phi) is 4.69. The summed E-state index contributed by atoms with van der Waals surface area (Å²) in [4.78, 5) is 15.1. The molecular formula is C13H7ClF5N3O. The first-order valence-corrected chi connectivity index (χ1v) is 6.31. The van der Waals surface area contributed by atoms with Crippen LogP contribution in [0.5, 0.6) is 0 Å². The van der Waals surface area contributed by atoms with Gasteiger partial charge in [0, 0.05) is 6.20 Å². The highest BCUT2D eigenvalue weighted by molar-refractivity contribution is 6.33.